The van der Waals surface area contributed by atoms with Crippen LogP contribution in [0.25, 0.3) is 5.52 Å². The zero-order chi connectivity index (χ0) is 11.0. The van der Waals surface area contributed by atoms with Crippen LogP contribution in [0.5, 0.6) is 0 Å². The van der Waals surface area contributed by atoms with Crippen LogP contribution in [0.2, 0.25) is 0 Å². The highest BCUT2D eigenvalue weighted by Gasteiger charge is 2.19. The number of aromatic nitrogens is 3. The summed E-state index contributed by atoms with van der Waals surface area (Å²) in [6, 6.07) is 0. The van der Waals surface area contributed by atoms with Crippen LogP contribution >= 0.6 is 11.8 Å². The molecule has 0 unspecified atom stereocenters. The lowest BCUT2D eigenvalue weighted by Gasteiger charge is -1.95. The zero-order valence-corrected chi connectivity index (χ0v) is 8.43. The van der Waals surface area contributed by atoms with Crippen molar-refractivity contribution in [2.45, 2.75) is 11.6 Å². The Morgan fingerprint density at radius 1 is 1.47 bits per heavy atom. The maximum absolute atomic E-state index is 13.3. The topological polar surface area (TPSA) is 30.2 Å². The molecule has 0 atom stereocenters. The number of alkyl halides is 2. The first-order valence-electron chi connectivity index (χ1n) is 3.99. The third-order valence-electron chi connectivity index (χ3n) is 1.89. The number of rotatable bonds is 2. The van der Waals surface area contributed by atoms with Gasteiger partial charge in [0.1, 0.15) is 5.52 Å². The molecule has 0 radical (unpaired) electrons. The van der Waals surface area contributed by atoms with E-state index in [1.54, 1.807) is 6.26 Å². The summed E-state index contributed by atoms with van der Waals surface area (Å²) in [7, 11) is 0. The van der Waals surface area contributed by atoms with Gasteiger partial charge in [-0.15, -0.1) is 5.10 Å². The first-order valence-corrected chi connectivity index (χ1v) is 5.22. The van der Waals surface area contributed by atoms with E-state index in [0.29, 0.717) is 5.16 Å². The van der Waals surface area contributed by atoms with Gasteiger partial charge in [-0.1, -0.05) is 11.8 Å². The summed E-state index contributed by atoms with van der Waals surface area (Å²) in [6.07, 6.45) is 1.08. The fourth-order valence-electron chi connectivity index (χ4n) is 1.18. The average Bonchev–Trinajstić information content (AvgIpc) is 2.55. The van der Waals surface area contributed by atoms with Crippen LogP contribution < -0.4 is 0 Å². The van der Waals surface area contributed by atoms with Gasteiger partial charge in [-0.05, 0) is 6.26 Å². The van der Waals surface area contributed by atoms with Gasteiger partial charge in [-0.25, -0.2) is 22.7 Å². The molecule has 2 heterocycles. The highest BCUT2D eigenvalue weighted by molar-refractivity contribution is 7.98. The van der Waals surface area contributed by atoms with Gasteiger partial charge in [0.05, 0.1) is 11.8 Å². The van der Waals surface area contributed by atoms with E-state index < -0.39 is 17.8 Å². The number of nitrogens with zero attached hydrogens (tertiary/aromatic N) is 3. The second-order valence-corrected chi connectivity index (χ2v) is 3.55. The molecule has 0 aromatic carbocycles. The van der Waals surface area contributed by atoms with Gasteiger partial charge in [0.25, 0.3) is 6.43 Å². The lowest BCUT2D eigenvalue weighted by Crippen LogP contribution is -1.94. The fourth-order valence-corrected chi connectivity index (χ4v) is 1.51. The number of hydrogen-bond donors (Lipinski definition) is 0. The Hall–Kier alpha value is -1.24. The minimum atomic E-state index is -2.84. The van der Waals surface area contributed by atoms with Crippen molar-refractivity contribution in [3.63, 3.8) is 0 Å². The van der Waals surface area contributed by atoms with Gasteiger partial charge in [-0.3, -0.25) is 0 Å². The van der Waals surface area contributed by atoms with Crippen LogP contribution in [-0.2, 0) is 0 Å². The molecule has 3 nitrogen and oxygen atoms in total. The predicted molar refractivity (Wildman–Crippen MR) is 49.7 cm³/mol. The Balaban J connectivity index is 2.65. The Labute approximate surface area is 87.3 Å². The van der Waals surface area contributed by atoms with Gasteiger partial charge in [-0.2, -0.15) is 0 Å². The molecule has 0 bridgehead atoms. The van der Waals surface area contributed by atoms with E-state index in [-0.39, 0.29) is 5.52 Å². The third-order valence-corrected chi connectivity index (χ3v) is 2.45. The summed E-state index contributed by atoms with van der Waals surface area (Å²) in [5.41, 5.74) is -0.689. The molecule has 7 heteroatoms. The molecular weight excluding hydrogens is 227 g/mol. The molecule has 0 spiro atoms. The third kappa shape index (κ3) is 1.67. The monoisotopic (exact) mass is 233 g/mol. The van der Waals surface area contributed by atoms with Crippen molar-refractivity contribution in [1.82, 2.24) is 14.6 Å². The summed E-state index contributed by atoms with van der Waals surface area (Å²) in [4.78, 5) is 3.80. The minimum absolute atomic E-state index is 0.0388. The van der Waals surface area contributed by atoms with Crippen molar-refractivity contribution >= 4 is 17.3 Å². The largest absolute Gasteiger partial charge is 0.268 e. The van der Waals surface area contributed by atoms with Gasteiger partial charge >= 0.3 is 0 Å². The van der Waals surface area contributed by atoms with E-state index in [2.05, 4.69) is 10.1 Å². The van der Waals surface area contributed by atoms with Gasteiger partial charge in [0.15, 0.2) is 5.82 Å². The van der Waals surface area contributed by atoms with Gasteiger partial charge in [0, 0.05) is 6.20 Å². The summed E-state index contributed by atoms with van der Waals surface area (Å²) >= 11 is 1.25. The van der Waals surface area contributed by atoms with Crippen molar-refractivity contribution < 1.29 is 13.2 Å². The predicted octanol–water partition coefficient (Wildman–Crippen LogP) is 2.53. The molecule has 0 saturated heterocycles. The highest BCUT2D eigenvalue weighted by Crippen LogP contribution is 2.25. The zero-order valence-electron chi connectivity index (χ0n) is 7.62. The van der Waals surface area contributed by atoms with E-state index >= 15 is 0 Å². The van der Waals surface area contributed by atoms with E-state index in [0.717, 1.165) is 10.7 Å². The van der Waals surface area contributed by atoms with Crippen LogP contribution in [0.3, 0.4) is 0 Å². The molecule has 2 rings (SSSR count). The molecule has 0 aliphatic heterocycles. The van der Waals surface area contributed by atoms with Crippen LogP contribution in [0.1, 0.15) is 12.0 Å². The molecule has 0 aliphatic rings. The lowest BCUT2D eigenvalue weighted by molar-refractivity contribution is 0.147. The standard InChI is InChI=1S/C8H6F3N3S/c1-15-8-12-2-5-6(9)4(7(10)11)3-14(5)13-8/h2-3,7H,1H3. The fraction of sp³-hybridized carbons (Fsp3) is 0.250. The number of fused-ring (bicyclic) bond motifs is 1. The number of thioether (sulfide) groups is 1. The second-order valence-electron chi connectivity index (χ2n) is 2.77. The molecule has 0 aliphatic carbocycles. The molecule has 80 valence electrons. The van der Waals surface area contributed by atoms with Crippen molar-refractivity contribution in [3.8, 4) is 0 Å². The molecule has 0 saturated carbocycles. The van der Waals surface area contributed by atoms with Crippen molar-refractivity contribution in [3.05, 3.63) is 23.8 Å². The van der Waals surface area contributed by atoms with Gasteiger partial charge < -0.3 is 0 Å². The Bertz CT molecular complexity index is 497. The van der Waals surface area contributed by atoms with E-state index in [1.807, 2.05) is 0 Å². The molecule has 15 heavy (non-hydrogen) atoms. The van der Waals surface area contributed by atoms with Crippen LogP contribution in [0, 0.1) is 5.82 Å². The van der Waals surface area contributed by atoms with E-state index in [1.165, 1.54) is 18.0 Å². The van der Waals surface area contributed by atoms with Crippen LogP contribution in [0.4, 0.5) is 13.2 Å². The quantitative estimate of drug-likeness (QED) is 0.746. The Morgan fingerprint density at radius 2 is 2.20 bits per heavy atom. The summed E-state index contributed by atoms with van der Waals surface area (Å²) in [5.74, 6) is -0.961. The summed E-state index contributed by atoms with van der Waals surface area (Å²) in [5, 5.41) is 4.25. The average molecular weight is 233 g/mol. The molecule has 2 aromatic heterocycles. The summed E-state index contributed by atoms with van der Waals surface area (Å²) in [6.45, 7) is 0. The van der Waals surface area contributed by atoms with Crippen molar-refractivity contribution in [1.29, 1.82) is 0 Å². The van der Waals surface area contributed by atoms with Gasteiger partial charge in [0.2, 0.25) is 5.16 Å². The smallest absolute Gasteiger partial charge is 0.233 e. The number of halogens is 3. The van der Waals surface area contributed by atoms with Crippen molar-refractivity contribution in [2.24, 2.45) is 0 Å². The minimum Gasteiger partial charge on any atom is -0.233 e. The maximum Gasteiger partial charge on any atom is 0.268 e. The SMILES string of the molecule is CSc1ncc2c(F)c(C(F)F)cn2n1. The molecule has 0 fully saturated rings. The first kappa shape index (κ1) is 10.3. The van der Waals surface area contributed by atoms with E-state index in [4.69, 9.17) is 0 Å². The van der Waals surface area contributed by atoms with E-state index in [9.17, 15) is 13.2 Å². The molecule has 2 aromatic rings. The van der Waals surface area contributed by atoms with Crippen LogP contribution in [0.15, 0.2) is 17.6 Å². The van der Waals surface area contributed by atoms with Crippen molar-refractivity contribution in [2.75, 3.05) is 6.26 Å². The first-order chi connectivity index (χ1) is 7.13. The molecule has 0 N–H and O–H groups in total. The Kier molecular flexibility index (Phi) is 2.56. The number of hydrogen-bond acceptors (Lipinski definition) is 3. The molecule has 0 amide bonds. The second kappa shape index (κ2) is 3.73. The lowest BCUT2D eigenvalue weighted by atomic mass is 10.3. The Morgan fingerprint density at radius 3 is 2.80 bits per heavy atom. The highest BCUT2D eigenvalue weighted by atomic mass is 32.2. The summed E-state index contributed by atoms with van der Waals surface area (Å²) < 4.78 is 39.1. The van der Waals surface area contributed by atoms with Crippen LogP contribution in [-0.4, -0.2) is 20.9 Å². The maximum atomic E-state index is 13.3. The normalized spacial score (nSPS) is 11.5. The molecular formula is C8H6F3N3S.